The molecule has 100 valence electrons. The SMILES string of the molecule is NCCc1nc(C(=O)N2CCn3cnnc3C2)cs1. The van der Waals surface area contributed by atoms with Gasteiger partial charge in [-0.2, -0.15) is 0 Å². The molecular weight excluding hydrogens is 264 g/mol. The molecule has 8 heteroatoms. The summed E-state index contributed by atoms with van der Waals surface area (Å²) in [6.07, 6.45) is 2.41. The molecule has 7 nitrogen and oxygen atoms in total. The number of nitrogens with zero attached hydrogens (tertiary/aromatic N) is 5. The molecule has 1 aliphatic heterocycles. The molecule has 1 aliphatic rings. The standard InChI is InChI=1S/C11H14N6OS/c12-2-1-10-14-8(6-19-10)11(18)16-3-4-17-7-13-15-9(17)5-16/h6-7H,1-5,12H2. The minimum atomic E-state index is -0.0474. The molecule has 0 spiro atoms. The lowest BCUT2D eigenvalue weighted by Gasteiger charge is -2.26. The zero-order chi connectivity index (χ0) is 13.2. The quantitative estimate of drug-likeness (QED) is 0.846. The average molecular weight is 278 g/mol. The Morgan fingerprint density at radius 3 is 3.21 bits per heavy atom. The van der Waals surface area contributed by atoms with Gasteiger partial charge >= 0.3 is 0 Å². The zero-order valence-corrected chi connectivity index (χ0v) is 11.1. The van der Waals surface area contributed by atoms with Gasteiger partial charge < -0.3 is 15.2 Å². The van der Waals surface area contributed by atoms with Crippen LogP contribution in [0.5, 0.6) is 0 Å². The van der Waals surface area contributed by atoms with Gasteiger partial charge in [0.2, 0.25) is 0 Å². The Hall–Kier alpha value is -1.80. The van der Waals surface area contributed by atoms with Crippen LogP contribution in [0.25, 0.3) is 0 Å². The summed E-state index contributed by atoms with van der Waals surface area (Å²) < 4.78 is 1.96. The van der Waals surface area contributed by atoms with Gasteiger partial charge in [-0.1, -0.05) is 0 Å². The number of aromatic nitrogens is 4. The van der Waals surface area contributed by atoms with Crippen molar-refractivity contribution in [3.63, 3.8) is 0 Å². The normalized spacial score (nSPS) is 14.5. The molecule has 2 N–H and O–H groups in total. The number of nitrogens with two attached hydrogens (primary N) is 1. The lowest BCUT2D eigenvalue weighted by Crippen LogP contribution is -2.38. The molecule has 0 unspecified atom stereocenters. The van der Waals surface area contributed by atoms with Gasteiger partial charge in [0.25, 0.3) is 5.91 Å². The summed E-state index contributed by atoms with van der Waals surface area (Å²) >= 11 is 1.48. The molecule has 0 saturated carbocycles. The summed E-state index contributed by atoms with van der Waals surface area (Å²) in [5.74, 6) is 0.769. The fourth-order valence-electron chi connectivity index (χ4n) is 2.05. The monoisotopic (exact) mass is 278 g/mol. The molecule has 2 aromatic rings. The number of rotatable bonds is 3. The third-order valence-electron chi connectivity index (χ3n) is 3.06. The van der Waals surface area contributed by atoms with Gasteiger partial charge in [0.1, 0.15) is 12.0 Å². The van der Waals surface area contributed by atoms with Crippen LogP contribution in [0.1, 0.15) is 21.3 Å². The first kappa shape index (κ1) is 12.2. The predicted molar refractivity (Wildman–Crippen MR) is 69.6 cm³/mol. The molecule has 0 atom stereocenters. The number of fused-ring (bicyclic) bond motifs is 1. The van der Waals surface area contributed by atoms with Crippen molar-refractivity contribution in [1.29, 1.82) is 0 Å². The van der Waals surface area contributed by atoms with E-state index in [9.17, 15) is 4.79 Å². The highest BCUT2D eigenvalue weighted by Crippen LogP contribution is 2.16. The van der Waals surface area contributed by atoms with Crippen LogP contribution < -0.4 is 5.73 Å². The van der Waals surface area contributed by atoms with Crippen LogP contribution in [0.3, 0.4) is 0 Å². The van der Waals surface area contributed by atoms with E-state index in [1.165, 1.54) is 11.3 Å². The third-order valence-corrected chi connectivity index (χ3v) is 3.96. The van der Waals surface area contributed by atoms with Gasteiger partial charge in [-0.05, 0) is 6.54 Å². The van der Waals surface area contributed by atoms with E-state index in [1.807, 2.05) is 4.57 Å². The second-order valence-corrected chi connectivity index (χ2v) is 5.28. The van der Waals surface area contributed by atoms with E-state index in [0.717, 1.165) is 17.4 Å². The minimum absolute atomic E-state index is 0.0474. The molecule has 0 aromatic carbocycles. The first-order chi connectivity index (χ1) is 9.28. The van der Waals surface area contributed by atoms with Crippen molar-refractivity contribution in [3.05, 3.63) is 28.2 Å². The summed E-state index contributed by atoms with van der Waals surface area (Å²) in [4.78, 5) is 18.4. The van der Waals surface area contributed by atoms with E-state index >= 15 is 0 Å². The highest BCUT2D eigenvalue weighted by molar-refractivity contribution is 7.09. The Morgan fingerprint density at radius 2 is 2.37 bits per heavy atom. The van der Waals surface area contributed by atoms with Gasteiger partial charge in [0, 0.05) is 24.9 Å². The number of hydrogen-bond acceptors (Lipinski definition) is 6. The van der Waals surface area contributed by atoms with Crippen molar-refractivity contribution in [3.8, 4) is 0 Å². The van der Waals surface area contributed by atoms with Crippen molar-refractivity contribution < 1.29 is 4.79 Å². The molecule has 3 heterocycles. The Balaban J connectivity index is 1.74. The van der Waals surface area contributed by atoms with Gasteiger partial charge in [0.05, 0.1) is 11.6 Å². The van der Waals surface area contributed by atoms with E-state index in [0.29, 0.717) is 31.7 Å². The van der Waals surface area contributed by atoms with Gasteiger partial charge in [-0.3, -0.25) is 4.79 Å². The third kappa shape index (κ3) is 2.36. The zero-order valence-electron chi connectivity index (χ0n) is 10.3. The maximum Gasteiger partial charge on any atom is 0.273 e. The predicted octanol–water partition coefficient (Wildman–Crippen LogP) is -0.108. The lowest BCUT2D eigenvalue weighted by atomic mass is 10.3. The average Bonchev–Trinajstić information content (AvgIpc) is 3.05. The van der Waals surface area contributed by atoms with Crippen molar-refractivity contribution in [2.24, 2.45) is 5.73 Å². The highest BCUT2D eigenvalue weighted by atomic mass is 32.1. The number of thiazole rings is 1. The van der Waals surface area contributed by atoms with E-state index in [-0.39, 0.29) is 5.91 Å². The smallest absolute Gasteiger partial charge is 0.273 e. The Morgan fingerprint density at radius 1 is 1.47 bits per heavy atom. The van der Waals surface area contributed by atoms with Crippen LogP contribution in [0.15, 0.2) is 11.7 Å². The molecule has 2 aromatic heterocycles. The van der Waals surface area contributed by atoms with E-state index < -0.39 is 0 Å². The van der Waals surface area contributed by atoms with Crippen LogP contribution in [0.4, 0.5) is 0 Å². The van der Waals surface area contributed by atoms with E-state index in [4.69, 9.17) is 5.73 Å². The number of carbonyl (C=O) groups excluding carboxylic acids is 1. The van der Waals surface area contributed by atoms with Gasteiger partial charge in [0.15, 0.2) is 5.82 Å². The summed E-state index contributed by atoms with van der Waals surface area (Å²) in [6.45, 7) is 2.43. The first-order valence-corrected chi connectivity index (χ1v) is 6.96. The summed E-state index contributed by atoms with van der Waals surface area (Å²) in [6, 6.07) is 0. The molecule has 1 amide bonds. The van der Waals surface area contributed by atoms with E-state index in [2.05, 4.69) is 15.2 Å². The van der Waals surface area contributed by atoms with Crippen molar-refractivity contribution in [1.82, 2.24) is 24.6 Å². The van der Waals surface area contributed by atoms with Crippen LogP contribution in [0, 0.1) is 0 Å². The second kappa shape index (κ2) is 5.06. The van der Waals surface area contributed by atoms with Crippen LogP contribution in [-0.2, 0) is 19.5 Å². The molecule has 0 saturated heterocycles. The molecule has 19 heavy (non-hydrogen) atoms. The Kier molecular flexibility index (Phi) is 3.26. The molecule has 0 radical (unpaired) electrons. The Labute approximate surface area is 114 Å². The Bertz CT molecular complexity index is 592. The maximum atomic E-state index is 12.3. The fraction of sp³-hybridized carbons (Fsp3) is 0.455. The van der Waals surface area contributed by atoms with Crippen molar-refractivity contribution in [2.45, 2.75) is 19.5 Å². The van der Waals surface area contributed by atoms with Crippen LogP contribution >= 0.6 is 11.3 Å². The summed E-state index contributed by atoms with van der Waals surface area (Å²) in [5.41, 5.74) is 5.98. The summed E-state index contributed by atoms with van der Waals surface area (Å²) in [5, 5.41) is 10.6. The minimum Gasteiger partial charge on any atom is -0.330 e. The van der Waals surface area contributed by atoms with Gasteiger partial charge in [-0.15, -0.1) is 21.5 Å². The number of hydrogen-bond donors (Lipinski definition) is 1. The number of carbonyl (C=O) groups is 1. The van der Waals surface area contributed by atoms with Crippen LogP contribution in [-0.4, -0.2) is 43.6 Å². The van der Waals surface area contributed by atoms with Crippen molar-refractivity contribution >= 4 is 17.2 Å². The fourth-order valence-corrected chi connectivity index (χ4v) is 2.84. The topological polar surface area (TPSA) is 89.9 Å². The van der Waals surface area contributed by atoms with Crippen molar-refractivity contribution in [2.75, 3.05) is 13.1 Å². The molecule has 3 rings (SSSR count). The molecule has 0 bridgehead atoms. The lowest BCUT2D eigenvalue weighted by molar-refractivity contribution is 0.0702. The highest BCUT2D eigenvalue weighted by Gasteiger charge is 2.24. The second-order valence-electron chi connectivity index (χ2n) is 4.33. The maximum absolute atomic E-state index is 12.3. The summed E-state index contributed by atoms with van der Waals surface area (Å²) in [7, 11) is 0. The molecule has 0 fully saturated rings. The number of amides is 1. The van der Waals surface area contributed by atoms with E-state index in [1.54, 1.807) is 16.6 Å². The molecule has 0 aliphatic carbocycles. The van der Waals surface area contributed by atoms with Gasteiger partial charge in [-0.25, -0.2) is 4.98 Å². The molecular formula is C11H14N6OS. The first-order valence-electron chi connectivity index (χ1n) is 6.08. The largest absolute Gasteiger partial charge is 0.330 e. The van der Waals surface area contributed by atoms with Crippen LogP contribution in [0.2, 0.25) is 0 Å².